The Labute approximate surface area is 117 Å². The minimum absolute atomic E-state index is 0.230. The molecule has 0 aliphatic carbocycles. The van der Waals surface area contributed by atoms with Crippen LogP contribution in [0.4, 0.5) is 17.3 Å². The normalized spacial score (nSPS) is 13.3. The summed E-state index contributed by atoms with van der Waals surface area (Å²) in [6.07, 6.45) is 3.86. The van der Waals surface area contributed by atoms with Crippen LogP contribution in [0.2, 0.25) is 0 Å². The lowest BCUT2D eigenvalue weighted by molar-refractivity contribution is 0.234. The van der Waals surface area contributed by atoms with Gasteiger partial charge in [0.25, 0.3) is 0 Å². The van der Waals surface area contributed by atoms with E-state index in [-0.39, 0.29) is 18.3 Å². The predicted molar refractivity (Wildman–Crippen MR) is 73.9 cm³/mol. The fraction of sp³-hybridized carbons (Fsp3) is 0.571. The number of ether oxygens (including phenoxy) is 1. The fourth-order valence-electron chi connectivity index (χ4n) is 2.01. The van der Waals surface area contributed by atoms with Crippen LogP contribution in [0, 0.1) is 11.7 Å². The van der Waals surface area contributed by atoms with Crippen LogP contribution in [0.15, 0.2) is 18.2 Å². The van der Waals surface area contributed by atoms with Gasteiger partial charge in [0.15, 0.2) is 0 Å². The second-order valence-electron chi connectivity index (χ2n) is 4.98. The standard InChI is InChI=1S/C14H20BF4O/c1-3-5-6-11(4-2)10-20-14-8-7-12(16)9-13(14)15(17,18)19/h7-9,11H,3-6,10H2,1-2H3/q-1. The van der Waals surface area contributed by atoms with Crippen LogP contribution < -0.4 is 10.2 Å². The first-order valence-corrected chi connectivity index (χ1v) is 7.00. The molecule has 0 spiro atoms. The van der Waals surface area contributed by atoms with Gasteiger partial charge in [0.1, 0.15) is 5.82 Å². The maximum absolute atomic E-state index is 13.0. The Kier molecular flexibility index (Phi) is 6.36. The Morgan fingerprint density at radius 1 is 1.20 bits per heavy atom. The molecule has 0 saturated heterocycles. The highest BCUT2D eigenvalue weighted by atomic mass is 19.4. The molecule has 1 atom stereocenters. The Hall–Kier alpha value is -1.20. The minimum atomic E-state index is -5.27. The van der Waals surface area contributed by atoms with E-state index in [0.29, 0.717) is 6.07 Å². The van der Waals surface area contributed by atoms with Crippen LogP contribution in [0.3, 0.4) is 0 Å². The maximum Gasteiger partial charge on any atom is 0.513 e. The van der Waals surface area contributed by atoms with E-state index in [4.69, 9.17) is 4.74 Å². The molecule has 0 radical (unpaired) electrons. The molecule has 0 aliphatic heterocycles. The van der Waals surface area contributed by atoms with Crippen LogP contribution >= 0.6 is 0 Å². The van der Waals surface area contributed by atoms with Crippen molar-refractivity contribution >= 4 is 12.4 Å². The van der Waals surface area contributed by atoms with Crippen LogP contribution in [-0.2, 0) is 0 Å². The molecule has 0 amide bonds. The van der Waals surface area contributed by atoms with E-state index in [1.807, 2.05) is 6.92 Å². The zero-order chi connectivity index (χ0) is 15.2. The number of rotatable bonds is 8. The van der Waals surface area contributed by atoms with Crippen molar-refractivity contribution in [1.29, 1.82) is 0 Å². The molecule has 0 heterocycles. The Balaban J connectivity index is 2.76. The Morgan fingerprint density at radius 2 is 1.90 bits per heavy atom. The first-order valence-electron chi connectivity index (χ1n) is 7.00. The van der Waals surface area contributed by atoms with Gasteiger partial charge < -0.3 is 17.7 Å². The summed E-state index contributed by atoms with van der Waals surface area (Å²) in [6, 6.07) is 2.56. The van der Waals surface area contributed by atoms with Gasteiger partial charge in [0.2, 0.25) is 0 Å². The SMILES string of the molecule is CCCCC(CC)COc1ccc(F)cc1[B-](F)(F)F. The summed E-state index contributed by atoms with van der Waals surface area (Å²) >= 11 is 0. The summed E-state index contributed by atoms with van der Waals surface area (Å²) in [4.78, 5) is 0. The number of benzene rings is 1. The van der Waals surface area contributed by atoms with E-state index >= 15 is 0 Å². The second-order valence-corrected chi connectivity index (χ2v) is 4.98. The average molecular weight is 291 g/mol. The molecule has 1 unspecified atom stereocenters. The van der Waals surface area contributed by atoms with Crippen LogP contribution in [0.5, 0.6) is 5.75 Å². The highest BCUT2D eigenvalue weighted by molar-refractivity contribution is 6.74. The van der Waals surface area contributed by atoms with E-state index in [1.165, 1.54) is 0 Å². The summed E-state index contributed by atoms with van der Waals surface area (Å²) in [5.41, 5.74) is -0.990. The molecule has 1 rings (SSSR count). The molecule has 1 aromatic carbocycles. The third kappa shape index (κ3) is 5.06. The molecule has 6 heteroatoms. The molecular formula is C14H20BF4O-. The van der Waals surface area contributed by atoms with Crippen LogP contribution in [0.25, 0.3) is 0 Å². The molecular weight excluding hydrogens is 271 g/mol. The van der Waals surface area contributed by atoms with Crippen LogP contribution in [-0.4, -0.2) is 13.6 Å². The van der Waals surface area contributed by atoms with Crippen molar-refractivity contribution in [3.63, 3.8) is 0 Å². The van der Waals surface area contributed by atoms with Gasteiger partial charge in [0.05, 0.1) is 12.4 Å². The van der Waals surface area contributed by atoms with Crippen molar-refractivity contribution < 1.29 is 22.1 Å². The first-order chi connectivity index (χ1) is 9.38. The summed E-state index contributed by atoms with van der Waals surface area (Å²) in [6.45, 7) is -0.978. The van der Waals surface area contributed by atoms with Gasteiger partial charge in [-0.3, -0.25) is 0 Å². The third-order valence-electron chi connectivity index (χ3n) is 3.34. The monoisotopic (exact) mass is 291 g/mol. The average Bonchev–Trinajstić information content (AvgIpc) is 2.39. The highest BCUT2D eigenvalue weighted by Crippen LogP contribution is 2.21. The number of halogens is 4. The topological polar surface area (TPSA) is 9.23 Å². The van der Waals surface area contributed by atoms with Crippen molar-refractivity contribution in [2.45, 2.75) is 39.5 Å². The first kappa shape index (κ1) is 16.9. The molecule has 1 nitrogen and oxygen atoms in total. The quantitative estimate of drug-likeness (QED) is 0.507. The lowest BCUT2D eigenvalue weighted by Crippen LogP contribution is -2.36. The number of hydrogen-bond donors (Lipinski definition) is 0. The second kappa shape index (κ2) is 7.55. The van der Waals surface area contributed by atoms with Gasteiger partial charge >= 0.3 is 6.98 Å². The lowest BCUT2D eigenvalue weighted by atomic mass is 9.79. The largest absolute Gasteiger partial charge is 0.513 e. The number of hydrogen-bond acceptors (Lipinski definition) is 1. The Morgan fingerprint density at radius 3 is 2.45 bits per heavy atom. The molecule has 0 saturated carbocycles. The number of unbranched alkanes of at least 4 members (excludes halogenated alkanes) is 1. The van der Waals surface area contributed by atoms with Crippen molar-refractivity contribution in [2.75, 3.05) is 6.61 Å². The lowest BCUT2D eigenvalue weighted by Gasteiger charge is -2.22. The fourth-order valence-corrected chi connectivity index (χ4v) is 2.01. The molecule has 0 aromatic heterocycles. The summed E-state index contributed by atoms with van der Waals surface area (Å²) in [5.74, 6) is -0.938. The molecule has 0 bridgehead atoms. The van der Waals surface area contributed by atoms with E-state index in [9.17, 15) is 17.3 Å². The molecule has 114 valence electrons. The van der Waals surface area contributed by atoms with Crippen molar-refractivity contribution in [3.8, 4) is 5.75 Å². The van der Waals surface area contributed by atoms with E-state index in [0.717, 1.165) is 37.8 Å². The summed E-state index contributed by atoms with van der Waals surface area (Å²) in [7, 11) is 0. The van der Waals surface area contributed by atoms with Crippen molar-refractivity contribution in [2.24, 2.45) is 5.92 Å². The van der Waals surface area contributed by atoms with E-state index in [2.05, 4.69) is 6.92 Å². The summed E-state index contributed by atoms with van der Waals surface area (Å²) in [5, 5.41) is 0. The molecule has 0 N–H and O–H groups in total. The van der Waals surface area contributed by atoms with Gasteiger partial charge in [-0.15, -0.1) is 0 Å². The smallest absolute Gasteiger partial charge is 0.496 e. The highest BCUT2D eigenvalue weighted by Gasteiger charge is 2.30. The third-order valence-corrected chi connectivity index (χ3v) is 3.34. The Bertz CT molecular complexity index is 420. The summed E-state index contributed by atoms with van der Waals surface area (Å²) < 4.78 is 56.8. The van der Waals surface area contributed by atoms with Crippen molar-refractivity contribution in [1.82, 2.24) is 0 Å². The minimum Gasteiger partial charge on any atom is -0.496 e. The maximum atomic E-state index is 13.0. The molecule has 0 aliphatic rings. The van der Waals surface area contributed by atoms with Gasteiger partial charge in [-0.2, -0.15) is 0 Å². The van der Waals surface area contributed by atoms with Gasteiger partial charge in [-0.1, -0.05) is 38.6 Å². The van der Waals surface area contributed by atoms with Gasteiger partial charge in [-0.25, -0.2) is 4.39 Å². The predicted octanol–water partition coefficient (Wildman–Crippen LogP) is 4.48. The molecule has 20 heavy (non-hydrogen) atoms. The zero-order valence-electron chi connectivity index (χ0n) is 11.8. The molecule has 0 fully saturated rings. The van der Waals surface area contributed by atoms with Crippen molar-refractivity contribution in [3.05, 3.63) is 24.0 Å². The van der Waals surface area contributed by atoms with E-state index in [1.54, 1.807) is 0 Å². The van der Waals surface area contributed by atoms with Gasteiger partial charge in [0, 0.05) is 0 Å². The molecule has 1 aromatic rings. The van der Waals surface area contributed by atoms with E-state index < -0.39 is 18.3 Å². The zero-order valence-corrected chi connectivity index (χ0v) is 11.8. The van der Waals surface area contributed by atoms with Gasteiger partial charge in [-0.05, 0) is 30.5 Å². The van der Waals surface area contributed by atoms with Crippen LogP contribution in [0.1, 0.15) is 39.5 Å².